The number of nitrogens with zero attached hydrogens (tertiary/aromatic N) is 2. The molecule has 0 atom stereocenters. The minimum Gasteiger partial charge on any atom is -0.496 e. The topological polar surface area (TPSA) is 15.7 Å². The van der Waals surface area contributed by atoms with E-state index in [9.17, 15) is 0 Å². The lowest BCUT2D eigenvalue weighted by Crippen LogP contribution is -2.45. The molecule has 0 radical (unpaired) electrons. The van der Waals surface area contributed by atoms with Crippen LogP contribution in [-0.2, 0) is 6.54 Å². The monoisotopic (exact) mass is 350 g/mol. The van der Waals surface area contributed by atoms with Crippen LogP contribution in [0.1, 0.15) is 22.3 Å². The van der Waals surface area contributed by atoms with Gasteiger partial charge in [-0.15, -0.1) is 0 Å². The fraction of sp³-hybridized carbons (Fsp3) is 0.391. The van der Waals surface area contributed by atoms with Crippen molar-refractivity contribution in [3.8, 4) is 5.75 Å². The van der Waals surface area contributed by atoms with Crippen LogP contribution < -0.4 is 4.74 Å². The predicted octanol–water partition coefficient (Wildman–Crippen LogP) is 4.14. The van der Waals surface area contributed by atoms with Crippen LogP contribution in [-0.4, -0.2) is 49.6 Å². The minimum absolute atomic E-state index is 0.987. The molecule has 0 aliphatic carbocycles. The van der Waals surface area contributed by atoms with E-state index in [0.717, 1.165) is 45.0 Å². The molecule has 3 nitrogen and oxygen atoms in total. The van der Waals surface area contributed by atoms with Crippen LogP contribution in [0, 0.1) is 13.8 Å². The second-order valence-corrected chi connectivity index (χ2v) is 7.07. The Labute approximate surface area is 157 Å². The summed E-state index contributed by atoms with van der Waals surface area (Å²) < 4.78 is 5.43. The summed E-state index contributed by atoms with van der Waals surface area (Å²) in [6.07, 6.45) is 4.50. The molecule has 1 heterocycles. The molecule has 1 aliphatic heterocycles. The highest BCUT2D eigenvalue weighted by atomic mass is 16.5. The molecule has 26 heavy (non-hydrogen) atoms. The largest absolute Gasteiger partial charge is 0.496 e. The molecule has 0 bridgehead atoms. The van der Waals surface area contributed by atoms with Crippen molar-refractivity contribution in [3.63, 3.8) is 0 Å². The van der Waals surface area contributed by atoms with Crippen molar-refractivity contribution in [2.45, 2.75) is 20.4 Å². The van der Waals surface area contributed by atoms with E-state index < -0.39 is 0 Å². The van der Waals surface area contributed by atoms with Gasteiger partial charge in [-0.25, -0.2) is 0 Å². The zero-order chi connectivity index (χ0) is 18.4. The van der Waals surface area contributed by atoms with Gasteiger partial charge < -0.3 is 4.74 Å². The highest BCUT2D eigenvalue weighted by Crippen LogP contribution is 2.25. The smallest absolute Gasteiger partial charge is 0.122 e. The van der Waals surface area contributed by atoms with Gasteiger partial charge in [0, 0.05) is 39.3 Å². The fourth-order valence-electron chi connectivity index (χ4n) is 3.52. The zero-order valence-corrected chi connectivity index (χ0v) is 16.2. The lowest BCUT2D eigenvalue weighted by atomic mass is 10.0. The Hall–Kier alpha value is -2.10. The Morgan fingerprint density at radius 3 is 2.27 bits per heavy atom. The van der Waals surface area contributed by atoms with E-state index in [1.807, 2.05) is 0 Å². The molecule has 0 spiro atoms. The van der Waals surface area contributed by atoms with Gasteiger partial charge in [0.05, 0.1) is 7.11 Å². The first-order chi connectivity index (χ1) is 12.7. The Kier molecular flexibility index (Phi) is 6.48. The first-order valence-corrected chi connectivity index (χ1v) is 9.46. The van der Waals surface area contributed by atoms with Crippen molar-refractivity contribution in [1.82, 2.24) is 9.80 Å². The van der Waals surface area contributed by atoms with E-state index in [1.165, 1.54) is 22.3 Å². The number of piperazine rings is 1. The van der Waals surface area contributed by atoms with Crippen LogP contribution >= 0.6 is 0 Å². The van der Waals surface area contributed by atoms with Crippen LogP contribution in [0.4, 0.5) is 0 Å². The van der Waals surface area contributed by atoms with E-state index in [4.69, 9.17) is 4.74 Å². The average molecular weight is 351 g/mol. The molecule has 0 unspecified atom stereocenters. The average Bonchev–Trinajstić information content (AvgIpc) is 2.68. The third kappa shape index (κ3) is 4.75. The van der Waals surface area contributed by atoms with E-state index in [-0.39, 0.29) is 0 Å². The van der Waals surface area contributed by atoms with Gasteiger partial charge in [-0.1, -0.05) is 48.6 Å². The van der Waals surface area contributed by atoms with Gasteiger partial charge in [0.25, 0.3) is 0 Å². The van der Waals surface area contributed by atoms with Gasteiger partial charge in [-0.2, -0.15) is 0 Å². The van der Waals surface area contributed by atoms with Crippen LogP contribution in [0.15, 0.2) is 48.5 Å². The van der Waals surface area contributed by atoms with Crippen molar-refractivity contribution < 1.29 is 4.74 Å². The van der Waals surface area contributed by atoms with Gasteiger partial charge in [-0.3, -0.25) is 9.80 Å². The number of rotatable bonds is 6. The molecule has 3 heteroatoms. The maximum absolute atomic E-state index is 5.43. The van der Waals surface area contributed by atoms with E-state index >= 15 is 0 Å². The summed E-state index contributed by atoms with van der Waals surface area (Å²) in [5, 5.41) is 0. The first kappa shape index (κ1) is 18.7. The molecule has 0 aromatic heterocycles. The van der Waals surface area contributed by atoms with Crippen molar-refractivity contribution in [2.24, 2.45) is 0 Å². The first-order valence-electron chi connectivity index (χ1n) is 9.46. The highest BCUT2D eigenvalue weighted by Gasteiger charge is 2.17. The van der Waals surface area contributed by atoms with Crippen molar-refractivity contribution in [3.05, 3.63) is 70.8 Å². The maximum Gasteiger partial charge on any atom is 0.122 e. The molecule has 138 valence electrons. The normalized spacial score (nSPS) is 16.3. The molecule has 0 saturated carbocycles. The molecular weight excluding hydrogens is 320 g/mol. The van der Waals surface area contributed by atoms with Gasteiger partial charge in [0.2, 0.25) is 0 Å². The van der Waals surface area contributed by atoms with Gasteiger partial charge in [0.15, 0.2) is 0 Å². The molecule has 2 aromatic rings. The number of hydrogen-bond donors (Lipinski definition) is 0. The molecule has 1 fully saturated rings. The maximum atomic E-state index is 5.43. The zero-order valence-electron chi connectivity index (χ0n) is 16.2. The Balaban J connectivity index is 1.48. The second kappa shape index (κ2) is 9.02. The van der Waals surface area contributed by atoms with E-state index in [2.05, 4.69) is 78.3 Å². The molecule has 3 rings (SSSR count). The molecule has 1 aliphatic rings. The lowest BCUT2D eigenvalue weighted by Gasteiger charge is -2.34. The Morgan fingerprint density at radius 1 is 0.885 bits per heavy atom. The number of benzene rings is 2. The van der Waals surface area contributed by atoms with E-state index in [0.29, 0.717) is 0 Å². The SMILES string of the molecule is COc1ccc(CN2CCN(CC=Cc3ccccc3)CC2)c(C)c1C. The summed E-state index contributed by atoms with van der Waals surface area (Å²) in [4.78, 5) is 5.09. The number of methoxy groups -OCH3 is 1. The lowest BCUT2D eigenvalue weighted by molar-refractivity contribution is 0.137. The van der Waals surface area contributed by atoms with Crippen LogP contribution in [0.2, 0.25) is 0 Å². The summed E-state index contributed by atoms with van der Waals surface area (Å²) in [7, 11) is 1.74. The summed E-state index contributed by atoms with van der Waals surface area (Å²) in [5.41, 5.74) is 5.31. The second-order valence-electron chi connectivity index (χ2n) is 7.07. The molecule has 1 saturated heterocycles. The molecule has 0 amide bonds. The van der Waals surface area contributed by atoms with Gasteiger partial charge in [0.1, 0.15) is 5.75 Å². The standard InChI is InChI=1S/C23H30N2O/c1-19-20(2)23(26-3)12-11-22(19)18-25-16-14-24(15-17-25)13-7-10-21-8-5-4-6-9-21/h4-12H,13-18H2,1-3H3. The van der Waals surface area contributed by atoms with E-state index in [1.54, 1.807) is 7.11 Å². The molecular formula is C23H30N2O. The summed E-state index contributed by atoms with van der Waals surface area (Å²) in [6.45, 7) is 10.9. The Morgan fingerprint density at radius 2 is 1.58 bits per heavy atom. The van der Waals surface area contributed by atoms with Gasteiger partial charge >= 0.3 is 0 Å². The third-order valence-corrected chi connectivity index (χ3v) is 5.40. The summed E-state index contributed by atoms with van der Waals surface area (Å²) >= 11 is 0. The number of ether oxygens (including phenoxy) is 1. The minimum atomic E-state index is 0.987. The van der Waals surface area contributed by atoms with Crippen molar-refractivity contribution in [2.75, 3.05) is 39.8 Å². The fourth-order valence-corrected chi connectivity index (χ4v) is 3.52. The molecule has 0 N–H and O–H groups in total. The number of hydrogen-bond acceptors (Lipinski definition) is 3. The summed E-state index contributed by atoms with van der Waals surface area (Å²) in [6, 6.07) is 14.8. The summed E-state index contributed by atoms with van der Waals surface area (Å²) in [5.74, 6) is 0.987. The van der Waals surface area contributed by atoms with Crippen LogP contribution in [0.25, 0.3) is 6.08 Å². The third-order valence-electron chi connectivity index (χ3n) is 5.40. The van der Waals surface area contributed by atoms with Crippen LogP contribution in [0.5, 0.6) is 5.75 Å². The predicted molar refractivity (Wildman–Crippen MR) is 110 cm³/mol. The highest BCUT2D eigenvalue weighted by molar-refractivity contribution is 5.48. The molecule has 2 aromatic carbocycles. The quantitative estimate of drug-likeness (QED) is 0.779. The Bertz CT molecular complexity index is 731. The van der Waals surface area contributed by atoms with Crippen molar-refractivity contribution in [1.29, 1.82) is 0 Å². The van der Waals surface area contributed by atoms with Gasteiger partial charge in [-0.05, 0) is 42.2 Å². The van der Waals surface area contributed by atoms with Crippen LogP contribution in [0.3, 0.4) is 0 Å². The van der Waals surface area contributed by atoms with Crippen molar-refractivity contribution >= 4 is 6.08 Å².